The molecule has 1 saturated heterocycles. The Bertz CT molecular complexity index is 414. The van der Waals surface area contributed by atoms with Gasteiger partial charge in [-0.05, 0) is 55.8 Å². The molecule has 0 radical (unpaired) electrons. The predicted octanol–water partition coefficient (Wildman–Crippen LogP) is 3.79. The van der Waals surface area contributed by atoms with E-state index >= 15 is 0 Å². The Kier molecular flexibility index (Phi) is 4.87. The summed E-state index contributed by atoms with van der Waals surface area (Å²) in [6.45, 7) is 11.2. The second kappa shape index (κ2) is 6.28. The normalized spacial score (nSPS) is 22.4. The minimum atomic E-state index is -0.387. The number of hydrogen-bond acceptors (Lipinski definition) is 2. The highest BCUT2D eigenvalue weighted by Gasteiger charge is 2.30. The van der Waals surface area contributed by atoms with Gasteiger partial charge in [0.05, 0.1) is 6.10 Å². The third-order valence-electron chi connectivity index (χ3n) is 4.91. The molecular formula is C18H29NO. The molecule has 1 aliphatic rings. The summed E-state index contributed by atoms with van der Waals surface area (Å²) in [6, 6.07) is 8.61. The van der Waals surface area contributed by atoms with E-state index in [1.54, 1.807) is 0 Å². The van der Waals surface area contributed by atoms with Crippen LogP contribution in [0.5, 0.6) is 0 Å². The molecular weight excluding hydrogens is 246 g/mol. The zero-order chi connectivity index (χ0) is 14.8. The molecule has 0 bridgehead atoms. The zero-order valence-electron chi connectivity index (χ0n) is 13.4. The fraction of sp³-hybridized carbons (Fsp3) is 0.667. The molecule has 112 valence electrons. The van der Waals surface area contributed by atoms with Gasteiger partial charge in [-0.1, -0.05) is 45.0 Å². The first kappa shape index (κ1) is 15.5. The SMILES string of the molecule is CCc1ccc(C(O)C(C)N2CCC(C)(C)CC2)cc1. The lowest BCUT2D eigenvalue weighted by Gasteiger charge is -2.41. The van der Waals surface area contributed by atoms with Gasteiger partial charge in [-0.25, -0.2) is 0 Å². The number of aliphatic hydroxyl groups is 1. The van der Waals surface area contributed by atoms with E-state index < -0.39 is 0 Å². The van der Waals surface area contributed by atoms with Crippen molar-refractivity contribution in [3.05, 3.63) is 35.4 Å². The van der Waals surface area contributed by atoms with Gasteiger partial charge >= 0.3 is 0 Å². The van der Waals surface area contributed by atoms with Crippen molar-refractivity contribution in [2.75, 3.05) is 13.1 Å². The van der Waals surface area contributed by atoms with Gasteiger partial charge in [0.15, 0.2) is 0 Å². The van der Waals surface area contributed by atoms with Crippen LogP contribution < -0.4 is 0 Å². The van der Waals surface area contributed by atoms with Gasteiger partial charge in [0.25, 0.3) is 0 Å². The maximum atomic E-state index is 10.6. The minimum absolute atomic E-state index is 0.193. The Hall–Kier alpha value is -0.860. The van der Waals surface area contributed by atoms with Crippen LogP contribution in [0.4, 0.5) is 0 Å². The number of likely N-dealkylation sites (tertiary alicyclic amines) is 1. The van der Waals surface area contributed by atoms with Crippen molar-refractivity contribution in [3.63, 3.8) is 0 Å². The molecule has 1 aromatic rings. The summed E-state index contributed by atoms with van der Waals surface area (Å²) in [7, 11) is 0. The molecule has 2 unspecified atom stereocenters. The second-order valence-electron chi connectivity index (χ2n) is 6.98. The van der Waals surface area contributed by atoms with Crippen molar-refractivity contribution in [2.45, 2.75) is 59.1 Å². The average molecular weight is 275 g/mol. The van der Waals surface area contributed by atoms with E-state index in [9.17, 15) is 5.11 Å². The Morgan fingerprint density at radius 3 is 2.20 bits per heavy atom. The molecule has 2 nitrogen and oxygen atoms in total. The number of nitrogens with zero attached hydrogens (tertiary/aromatic N) is 1. The Labute approximate surface area is 123 Å². The number of benzene rings is 1. The molecule has 2 rings (SSSR count). The lowest BCUT2D eigenvalue weighted by molar-refractivity contribution is 0.0234. The summed E-state index contributed by atoms with van der Waals surface area (Å²) in [4.78, 5) is 2.43. The van der Waals surface area contributed by atoms with Crippen molar-refractivity contribution in [1.29, 1.82) is 0 Å². The van der Waals surface area contributed by atoms with E-state index in [1.807, 2.05) is 0 Å². The lowest BCUT2D eigenvalue weighted by atomic mass is 9.82. The highest BCUT2D eigenvalue weighted by molar-refractivity contribution is 5.25. The maximum Gasteiger partial charge on any atom is 0.0942 e. The zero-order valence-corrected chi connectivity index (χ0v) is 13.4. The molecule has 1 aromatic carbocycles. The van der Waals surface area contributed by atoms with Crippen LogP contribution >= 0.6 is 0 Å². The summed E-state index contributed by atoms with van der Waals surface area (Å²) in [5.41, 5.74) is 2.83. The Morgan fingerprint density at radius 1 is 1.15 bits per heavy atom. The van der Waals surface area contributed by atoms with E-state index in [0.29, 0.717) is 5.41 Å². The van der Waals surface area contributed by atoms with Crippen LogP contribution in [0.2, 0.25) is 0 Å². The minimum Gasteiger partial charge on any atom is -0.387 e. The van der Waals surface area contributed by atoms with E-state index in [1.165, 1.54) is 18.4 Å². The van der Waals surface area contributed by atoms with E-state index in [-0.39, 0.29) is 12.1 Å². The number of aryl methyl sites for hydroxylation is 1. The summed E-state index contributed by atoms with van der Waals surface area (Å²) in [6.07, 6.45) is 3.10. The fourth-order valence-corrected chi connectivity index (χ4v) is 2.97. The van der Waals surface area contributed by atoms with Crippen molar-refractivity contribution < 1.29 is 5.11 Å². The standard InChI is InChI=1S/C18H29NO/c1-5-15-6-8-16(9-7-15)17(20)14(2)19-12-10-18(3,4)11-13-19/h6-9,14,17,20H,5,10-13H2,1-4H3. The summed E-state index contributed by atoms with van der Waals surface area (Å²) in [5, 5.41) is 10.6. The number of piperidine rings is 1. The molecule has 2 atom stereocenters. The van der Waals surface area contributed by atoms with Crippen LogP contribution in [0.1, 0.15) is 57.8 Å². The molecule has 2 heteroatoms. The van der Waals surface area contributed by atoms with Crippen LogP contribution in [0.3, 0.4) is 0 Å². The lowest BCUT2D eigenvalue weighted by Crippen LogP contribution is -2.44. The first-order valence-corrected chi connectivity index (χ1v) is 7.94. The van der Waals surface area contributed by atoms with Gasteiger partial charge in [0.2, 0.25) is 0 Å². The van der Waals surface area contributed by atoms with Crippen molar-refractivity contribution >= 4 is 0 Å². The molecule has 1 N–H and O–H groups in total. The topological polar surface area (TPSA) is 23.5 Å². The third-order valence-corrected chi connectivity index (χ3v) is 4.91. The summed E-state index contributed by atoms with van der Waals surface area (Å²) in [5.74, 6) is 0. The summed E-state index contributed by atoms with van der Waals surface area (Å²) < 4.78 is 0. The van der Waals surface area contributed by atoms with Crippen molar-refractivity contribution in [1.82, 2.24) is 4.90 Å². The summed E-state index contributed by atoms with van der Waals surface area (Å²) >= 11 is 0. The van der Waals surface area contributed by atoms with E-state index in [4.69, 9.17) is 0 Å². The number of hydrogen-bond donors (Lipinski definition) is 1. The van der Waals surface area contributed by atoms with Gasteiger partial charge in [0.1, 0.15) is 0 Å². The number of aliphatic hydroxyl groups excluding tert-OH is 1. The third kappa shape index (κ3) is 3.62. The first-order chi connectivity index (χ1) is 9.43. The Morgan fingerprint density at radius 2 is 1.70 bits per heavy atom. The van der Waals surface area contributed by atoms with E-state index in [2.05, 4.69) is 56.9 Å². The predicted molar refractivity (Wildman–Crippen MR) is 84.8 cm³/mol. The van der Waals surface area contributed by atoms with Gasteiger partial charge in [0, 0.05) is 6.04 Å². The van der Waals surface area contributed by atoms with Crippen LogP contribution in [0.25, 0.3) is 0 Å². The maximum absolute atomic E-state index is 10.6. The molecule has 20 heavy (non-hydrogen) atoms. The first-order valence-electron chi connectivity index (χ1n) is 7.94. The fourth-order valence-electron chi connectivity index (χ4n) is 2.97. The number of rotatable bonds is 4. The van der Waals surface area contributed by atoms with Gasteiger partial charge in [-0.15, -0.1) is 0 Å². The molecule has 0 aromatic heterocycles. The van der Waals surface area contributed by atoms with Crippen molar-refractivity contribution in [3.8, 4) is 0 Å². The molecule has 1 heterocycles. The Balaban J connectivity index is 1.99. The van der Waals surface area contributed by atoms with Crippen LogP contribution in [-0.4, -0.2) is 29.1 Å². The largest absolute Gasteiger partial charge is 0.387 e. The molecule has 1 aliphatic heterocycles. The smallest absolute Gasteiger partial charge is 0.0942 e. The van der Waals surface area contributed by atoms with Crippen LogP contribution in [0, 0.1) is 5.41 Å². The van der Waals surface area contributed by atoms with E-state index in [0.717, 1.165) is 25.1 Å². The van der Waals surface area contributed by atoms with Gasteiger partial charge in [-0.2, -0.15) is 0 Å². The molecule has 0 amide bonds. The van der Waals surface area contributed by atoms with Crippen molar-refractivity contribution in [2.24, 2.45) is 5.41 Å². The van der Waals surface area contributed by atoms with Gasteiger partial charge < -0.3 is 5.11 Å². The van der Waals surface area contributed by atoms with Crippen LogP contribution in [-0.2, 0) is 6.42 Å². The highest BCUT2D eigenvalue weighted by atomic mass is 16.3. The monoisotopic (exact) mass is 275 g/mol. The molecule has 1 fully saturated rings. The van der Waals surface area contributed by atoms with Gasteiger partial charge in [-0.3, -0.25) is 4.90 Å². The highest BCUT2D eigenvalue weighted by Crippen LogP contribution is 2.32. The second-order valence-corrected chi connectivity index (χ2v) is 6.98. The molecule has 0 spiro atoms. The average Bonchev–Trinajstić information content (AvgIpc) is 2.46. The quantitative estimate of drug-likeness (QED) is 0.903. The molecule has 0 aliphatic carbocycles. The molecule has 0 saturated carbocycles. The van der Waals surface area contributed by atoms with Crippen LogP contribution in [0.15, 0.2) is 24.3 Å².